The van der Waals surface area contributed by atoms with Crippen molar-refractivity contribution in [2.75, 3.05) is 10.6 Å². The fraction of sp³-hybridized carbons (Fsp3) is 0.182. The van der Waals surface area contributed by atoms with E-state index in [1.165, 1.54) is 22.3 Å². The Balaban J connectivity index is 2.01. The molecule has 3 rings (SSSR count). The van der Waals surface area contributed by atoms with E-state index in [2.05, 4.69) is 99.0 Å². The highest BCUT2D eigenvalue weighted by Crippen LogP contribution is 2.33. The summed E-state index contributed by atoms with van der Waals surface area (Å²) in [6.07, 6.45) is 0. The molecule has 0 radical (unpaired) electrons. The second kappa shape index (κ2) is 6.79. The molecule has 122 valence electrons. The van der Waals surface area contributed by atoms with E-state index in [1.807, 2.05) is 0 Å². The van der Waals surface area contributed by atoms with Crippen molar-refractivity contribution in [3.8, 4) is 0 Å². The minimum absolute atomic E-state index is 1.09. The van der Waals surface area contributed by atoms with Crippen molar-refractivity contribution in [1.82, 2.24) is 0 Å². The van der Waals surface area contributed by atoms with E-state index in [1.54, 1.807) is 0 Å². The molecule has 0 atom stereocenters. The van der Waals surface area contributed by atoms with Gasteiger partial charge in [-0.2, -0.15) is 0 Å². The molecule has 3 aromatic carbocycles. The average Bonchev–Trinajstić information content (AvgIpc) is 2.56. The number of para-hydroxylation sites is 2. The predicted octanol–water partition coefficient (Wildman–Crippen LogP) is 6.41. The zero-order chi connectivity index (χ0) is 17.1. The van der Waals surface area contributed by atoms with Gasteiger partial charge >= 0.3 is 0 Å². The molecule has 0 fully saturated rings. The average molecular weight is 316 g/mol. The molecule has 2 N–H and O–H groups in total. The third kappa shape index (κ3) is 3.43. The number of hydrogen-bond donors (Lipinski definition) is 2. The van der Waals surface area contributed by atoms with Crippen LogP contribution >= 0.6 is 0 Å². The second-order valence-corrected chi connectivity index (χ2v) is 6.36. The number of benzene rings is 3. The maximum absolute atomic E-state index is 3.59. The summed E-state index contributed by atoms with van der Waals surface area (Å²) in [6, 6.07) is 21.1. The van der Waals surface area contributed by atoms with Crippen molar-refractivity contribution in [1.29, 1.82) is 0 Å². The van der Waals surface area contributed by atoms with Gasteiger partial charge in [0.2, 0.25) is 0 Å². The van der Waals surface area contributed by atoms with Crippen molar-refractivity contribution in [3.05, 3.63) is 82.9 Å². The Morgan fingerprint density at radius 3 is 1.21 bits per heavy atom. The van der Waals surface area contributed by atoms with Crippen molar-refractivity contribution in [2.45, 2.75) is 27.7 Å². The quantitative estimate of drug-likeness (QED) is 0.581. The minimum atomic E-state index is 1.09. The lowest BCUT2D eigenvalue weighted by Gasteiger charge is -2.18. The van der Waals surface area contributed by atoms with Gasteiger partial charge in [0.25, 0.3) is 0 Å². The lowest BCUT2D eigenvalue weighted by atomic mass is 10.1. The van der Waals surface area contributed by atoms with Gasteiger partial charge in [-0.15, -0.1) is 0 Å². The SMILES string of the molecule is Cc1cc(Nc2ccccc2C)c(Nc2ccccc2C)cc1C. The molecule has 0 aliphatic rings. The number of nitrogens with one attached hydrogen (secondary N) is 2. The zero-order valence-electron chi connectivity index (χ0n) is 14.8. The molecule has 2 heteroatoms. The first kappa shape index (κ1) is 16.1. The van der Waals surface area contributed by atoms with Crippen molar-refractivity contribution in [2.24, 2.45) is 0 Å². The Morgan fingerprint density at radius 2 is 0.833 bits per heavy atom. The summed E-state index contributed by atoms with van der Waals surface area (Å²) in [7, 11) is 0. The molecular weight excluding hydrogens is 292 g/mol. The van der Waals surface area contributed by atoms with Crippen LogP contribution in [-0.4, -0.2) is 0 Å². The van der Waals surface area contributed by atoms with Crippen LogP contribution in [0.4, 0.5) is 22.7 Å². The molecule has 0 heterocycles. The highest BCUT2D eigenvalue weighted by atomic mass is 15.0. The smallest absolute Gasteiger partial charge is 0.0626 e. The summed E-state index contributed by atoms with van der Waals surface area (Å²) in [4.78, 5) is 0. The largest absolute Gasteiger partial charge is 0.354 e. The van der Waals surface area contributed by atoms with Crippen LogP contribution in [0.1, 0.15) is 22.3 Å². The van der Waals surface area contributed by atoms with Crippen molar-refractivity contribution < 1.29 is 0 Å². The van der Waals surface area contributed by atoms with Crippen LogP contribution < -0.4 is 10.6 Å². The summed E-state index contributed by atoms with van der Waals surface area (Å²) in [5.41, 5.74) is 9.48. The first-order valence-corrected chi connectivity index (χ1v) is 8.31. The van der Waals surface area contributed by atoms with E-state index in [-0.39, 0.29) is 0 Å². The van der Waals surface area contributed by atoms with Crippen molar-refractivity contribution in [3.63, 3.8) is 0 Å². The Bertz CT molecular complexity index is 793. The van der Waals surface area contributed by atoms with E-state index in [4.69, 9.17) is 0 Å². The molecular formula is C22H24N2. The van der Waals surface area contributed by atoms with Crippen LogP contribution in [0, 0.1) is 27.7 Å². The molecule has 0 aromatic heterocycles. The maximum Gasteiger partial charge on any atom is 0.0626 e. The maximum atomic E-state index is 3.59. The lowest BCUT2D eigenvalue weighted by Crippen LogP contribution is -2.01. The second-order valence-electron chi connectivity index (χ2n) is 6.36. The molecule has 0 saturated heterocycles. The van der Waals surface area contributed by atoms with Gasteiger partial charge in [0.05, 0.1) is 11.4 Å². The molecule has 0 unspecified atom stereocenters. The summed E-state index contributed by atoms with van der Waals surface area (Å²) >= 11 is 0. The highest BCUT2D eigenvalue weighted by Gasteiger charge is 2.08. The van der Waals surface area contributed by atoms with Gasteiger partial charge in [-0.05, 0) is 74.2 Å². The van der Waals surface area contributed by atoms with Crippen LogP contribution in [0.5, 0.6) is 0 Å². The molecule has 0 saturated carbocycles. The fourth-order valence-electron chi connectivity index (χ4n) is 2.74. The zero-order valence-corrected chi connectivity index (χ0v) is 14.8. The number of rotatable bonds is 4. The molecule has 3 aromatic rings. The van der Waals surface area contributed by atoms with E-state index in [0.717, 1.165) is 22.7 Å². The molecule has 24 heavy (non-hydrogen) atoms. The summed E-state index contributed by atoms with van der Waals surface area (Å²) in [5.74, 6) is 0. The number of hydrogen-bond acceptors (Lipinski definition) is 2. The van der Waals surface area contributed by atoms with E-state index in [0.29, 0.717) is 0 Å². The lowest BCUT2D eigenvalue weighted by molar-refractivity contribution is 1.32. The Morgan fingerprint density at radius 1 is 0.458 bits per heavy atom. The summed E-state index contributed by atoms with van der Waals surface area (Å²) in [6.45, 7) is 8.54. The number of anilines is 4. The highest BCUT2D eigenvalue weighted by molar-refractivity contribution is 5.81. The molecule has 0 aliphatic heterocycles. The van der Waals surface area contributed by atoms with Crippen LogP contribution in [0.3, 0.4) is 0 Å². The van der Waals surface area contributed by atoms with Crippen LogP contribution in [-0.2, 0) is 0 Å². The van der Waals surface area contributed by atoms with E-state index < -0.39 is 0 Å². The van der Waals surface area contributed by atoms with Gasteiger partial charge < -0.3 is 10.6 Å². The van der Waals surface area contributed by atoms with Gasteiger partial charge in [-0.3, -0.25) is 0 Å². The summed E-state index contributed by atoms with van der Waals surface area (Å²) < 4.78 is 0. The normalized spacial score (nSPS) is 10.5. The fourth-order valence-corrected chi connectivity index (χ4v) is 2.74. The van der Waals surface area contributed by atoms with E-state index >= 15 is 0 Å². The molecule has 0 amide bonds. The van der Waals surface area contributed by atoms with Crippen LogP contribution in [0.15, 0.2) is 60.7 Å². The minimum Gasteiger partial charge on any atom is -0.354 e. The monoisotopic (exact) mass is 316 g/mol. The first-order chi connectivity index (χ1) is 11.5. The molecule has 0 bridgehead atoms. The number of aryl methyl sites for hydroxylation is 4. The predicted molar refractivity (Wildman–Crippen MR) is 105 cm³/mol. The third-order valence-corrected chi connectivity index (χ3v) is 4.46. The van der Waals surface area contributed by atoms with E-state index in [9.17, 15) is 0 Å². The first-order valence-electron chi connectivity index (χ1n) is 8.31. The van der Waals surface area contributed by atoms with Gasteiger partial charge in [0, 0.05) is 11.4 Å². The standard InChI is InChI=1S/C22H24N2/c1-15-9-5-7-11-19(15)23-21-13-17(3)18(4)14-22(21)24-20-12-8-6-10-16(20)2/h5-14,23-24H,1-4H3. The van der Waals surface area contributed by atoms with Gasteiger partial charge in [-0.1, -0.05) is 36.4 Å². The van der Waals surface area contributed by atoms with Crippen molar-refractivity contribution >= 4 is 22.7 Å². The molecule has 0 spiro atoms. The Labute approximate surface area is 144 Å². The van der Waals surface area contributed by atoms with Crippen LogP contribution in [0.2, 0.25) is 0 Å². The van der Waals surface area contributed by atoms with Crippen LogP contribution in [0.25, 0.3) is 0 Å². The molecule has 2 nitrogen and oxygen atoms in total. The Kier molecular flexibility index (Phi) is 4.57. The molecule has 0 aliphatic carbocycles. The van der Waals surface area contributed by atoms with Gasteiger partial charge in [0.1, 0.15) is 0 Å². The third-order valence-electron chi connectivity index (χ3n) is 4.46. The Hall–Kier alpha value is -2.74. The van der Waals surface area contributed by atoms with Gasteiger partial charge in [-0.25, -0.2) is 0 Å². The van der Waals surface area contributed by atoms with Gasteiger partial charge in [0.15, 0.2) is 0 Å². The summed E-state index contributed by atoms with van der Waals surface area (Å²) in [5, 5.41) is 7.17. The topological polar surface area (TPSA) is 24.1 Å².